The molecule has 0 radical (unpaired) electrons. The van der Waals surface area contributed by atoms with Gasteiger partial charge in [-0.1, -0.05) is 13.8 Å². The van der Waals surface area contributed by atoms with Crippen LogP contribution < -0.4 is 5.32 Å². The van der Waals surface area contributed by atoms with E-state index in [-0.39, 0.29) is 5.91 Å². The van der Waals surface area contributed by atoms with Crippen molar-refractivity contribution < 1.29 is 4.79 Å². The third-order valence-electron chi connectivity index (χ3n) is 2.72. The van der Waals surface area contributed by atoms with Crippen molar-refractivity contribution in [2.75, 3.05) is 13.2 Å². The van der Waals surface area contributed by atoms with E-state index in [2.05, 4.69) is 19.2 Å². The van der Waals surface area contributed by atoms with Crippen molar-refractivity contribution in [2.24, 2.45) is 5.41 Å². The first kappa shape index (κ1) is 7.10. The maximum atomic E-state index is 11.2. The van der Waals surface area contributed by atoms with Crippen molar-refractivity contribution in [1.82, 2.24) is 10.2 Å². The van der Waals surface area contributed by atoms with Crippen LogP contribution in [0.5, 0.6) is 0 Å². The highest BCUT2D eigenvalue weighted by Crippen LogP contribution is 2.48. The standard InChI is InChI=1S/C8H14N2O/c1-8(2)3-6(8)10-5-9-4-7(10)11/h6,9H,3-5H2,1-2H3. The summed E-state index contributed by atoms with van der Waals surface area (Å²) < 4.78 is 0. The molecular formula is C8H14N2O. The Balaban J connectivity index is 2.02. The summed E-state index contributed by atoms with van der Waals surface area (Å²) in [6, 6.07) is 0.505. The summed E-state index contributed by atoms with van der Waals surface area (Å²) in [5, 5.41) is 3.06. The van der Waals surface area contributed by atoms with Crippen LogP contribution in [0, 0.1) is 5.41 Å². The van der Waals surface area contributed by atoms with E-state index in [0.717, 1.165) is 6.67 Å². The highest BCUT2D eigenvalue weighted by molar-refractivity contribution is 5.80. The van der Waals surface area contributed by atoms with Gasteiger partial charge in [0.2, 0.25) is 5.91 Å². The number of hydrogen-bond donors (Lipinski definition) is 1. The molecule has 3 heteroatoms. The van der Waals surface area contributed by atoms with Gasteiger partial charge in [-0.25, -0.2) is 0 Å². The smallest absolute Gasteiger partial charge is 0.237 e. The summed E-state index contributed by atoms with van der Waals surface area (Å²) in [5.41, 5.74) is 0.377. The van der Waals surface area contributed by atoms with Crippen molar-refractivity contribution in [3.05, 3.63) is 0 Å². The van der Waals surface area contributed by atoms with Gasteiger partial charge in [0, 0.05) is 6.04 Å². The van der Waals surface area contributed by atoms with Gasteiger partial charge in [-0.15, -0.1) is 0 Å². The predicted molar refractivity (Wildman–Crippen MR) is 41.9 cm³/mol. The summed E-state index contributed by atoms with van der Waals surface area (Å²) >= 11 is 0. The molecule has 1 unspecified atom stereocenters. The van der Waals surface area contributed by atoms with Gasteiger partial charge in [0.25, 0.3) is 0 Å². The minimum Gasteiger partial charge on any atom is -0.325 e. The van der Waals surface area contributed by atoms with Crippen LogP contribution >= 0.6 is 0 Å². The van der Waals surface area contributed by atoms with Gasteiger partial charge in [-0.05, 0) is 11.8 Å². The lowest BCUT2D eigenvalue weighted by Crippen LogP contribution is -2.31. The molecule has 1 aliphatic carbocycles. The Morgan fingerprint density at radius 1 is 1.64 bits per heavy atom. The monoisotopic (exact) mass is 154 g/mol. The van der Waals surface area contributed by atoms with Crippen LogP contribution in [-0.4, -0.2) is 30.1 Å². The molecule has 11 heavy (non-hydrogen) atoms. The van der Waals surface area contributed by atoms with E-state index in [9.17, 15) is 4.79 Å². The zero-order valence-corrected chi connectivity index (χ0v) is 7.05. The predicted octanol–water partition coefficient (Wildman–Crippen LogP) is 0.174. The average molecular weight is 154 g/mol. The van der Waals surface area contributed by atoms with Gasteiger partial charge in [-0.2, -0.15) is 0 Å². The Labute approximate surface area is 66.8 Å². The highest BCUT2D eigenvalue weighted by atomic mass is 16.2. The molecule has 1 saturated carbocycles. The molecule has 1 amide bonds. The van der Waals surface area contributed by atoms with Gasteiger partial charge in [0.15, 0.2) is 0 Å². The van der Waals surface area contributed by atoms with Crippen molar-refractivity contribution in [3.63, 3.8) is 0 Å². The van der Waals surface area contributed by atoms with E-state index in [0.29, 0.717) is 18.0 Å². The lowest BCUT2D eigenvalue weighted by atomic mass is 10.2. The van der Waals surface area contributed by atoms with E-state index < -0.39 is 0 Å². The van der Waals surface area contributed by atoms with Gasteiger partial charge >= 0.3 is 0 Å². The highest BCUT2D eigenvalue weighted by Gasteiger charge is 2.51. The van der Waals surface area contributed by atoms with Crippen molar-refractivity contribution >= 4 is 5.91 Å². The fraction of sp³-hybridized carbons (Fsp3) is 0.875. The zero-order chi connectivity index (χ0) is 8.06. The Hall–Kier alpha value is -0.570. The van der Waals surface area contributed by atoms with Crippen LogP contribution in [-0.2, 0) is 4.79 Å². The Morgan fingerprint density at radius 2 is 2.27 bits per heavy atom. The molecule has 1 heterocycles. The second kappa shape index (κ2) is 1.97. The van der Waals surface area contributed by atoms with Crippen LogP contribution in [0.25, 0.3) is 0 Å². The van der Waals surface area contributed by atoms with E-state index in [1.165, 1.54) is 6.42 Å². The molecule has 1 aliphatic heterocycles. The second-order valence-corrected chi connectivity index (χ2v) is 4.16. The fourth-order valence-electron chi connectivity index (χ4n) is 1.73. The fourth-order valence-corrected chi connectivity index (χ4v) is 1.73. The molecule has 1 saturated heterocycles. The SMILES string of the molecule is CC1(C)CC1N1CNCC1=O. The molecule has 1 atom stereocenters. The second-order valence-electron chi connectivity index (χ2n) is 4.16. The van der Waals surface area contributed by atoms with E-state index in [1.54, 1.807) is 0 Å². The maximum Gasteiger partial charge on any atom is 0.237 e. The third-order valence-corrected chi connectivity index (χ3v) is 2.72. The van der Waals surface area contributed by atoms with Crippen LogP contribution in [0.3, 0.4) is 0 Å². The van der Waals surface area contributed by atoms with Crippen molar-refractivity contribution in [3.8, 4) is 0 Å². The van der Waals surface area contributed by atoms with Crippen molar-refractivity contribution in [2.45, 2.75) is 26.3 Å². The summed E-state index contributed by atoms with van der Waals surface area (Å²) in [4.78, 5) is 13.2. The molecule has 0 spiro atoms. The largest absolute Gasteiger partial charge is 0.325 e. The van der Waals surface area contributed by atoms with Gasteiger partial charge in [0.05, 0.1) is 13.2 Å². The van der Waals surface area contributed by atoms with Gasteiger partial charge in [0.1, 0.15) is 0 Å². The summed E-state index contributed by atoms with van der Waals surface area (Å²) in [6.07, 6.45) is 1.17. The first-order valence-corrected chi connectivity index (χ1v) is 4.11. The molecule has 1 N–H and O–H groups in total. The first-order chi connectivity index (χ1) is 5.11. The van der Waals surface area contributed by atoms with Gasteiger partial charge < -0.3 is 4.90 Å². The number of amides is 1. The Morgan fingerprint density at radius 3 is 2.64 bits per heavy atom. The van der Waals surface area contributed by atoms with Crippen LogP contribution in [0.2, 0.25) is 0 Å². The van der Waals surface area contributed by atoms with Gasteiger partial charge in [-0.3, -0.25) is 10.1 Å². The molecule has 0 aromatic heterocycles. The normalized spacial score (nSPS) is 34.5. The number of hydrogen-bond acceptors (Lipinski definition) is 2. The summed E-state index contributed by atoms with van der Waals surface area (Å²) in [7, 11) is 0. The molecule has 0 aromatic rings. The van der Waals surface area contributed by atoms with E-state index >= 15 is 0 Å². The molecule has 62 valence electrons. The molecule has 2 aliphatic rings. The summed E-state index contributed by atoms with van der Waals surface area (Å²) in [5.74, 6) is 0.264. The van der Waals surface area contributed by atoms with Crippen LogP contribution in [0.1, 0.15) is 20.3 Å². The number of carbonyl (C=O) groups is 1. The Bertz CT molecular complexity index is 200. The number of carbonyl (C=O) groups excluding carboxylic acids is 1. The van der Waals surface area contributed by atoms with Crippen LogP contribution in [0.15, 0.2) is 0 Å². The molecular weight excluding hydrogens is 140 g/mol. The number of nitrogens with one attached hydrogen (secondary N) is 1. The molecule has 2 rings (SSSR count). The van der Waals surface area contributed by atoms with E-state index in [1.807, 2.05) is 4.90 Å². The Kier molecular flexibility index (Phi) is 1.27. The number of rotatable bonds is 1. The quantitative estimate of drug-likeness (QED) is 0.584. The van der Waals surface area contributed by atoms with Crippen molar-refractivity contribution in [1.29, 1.82) is 0 Å². The first-order valence-electron chi connectivity index (χ1n) is 4.11. The molecule has 0 bridgehead atoms. The average Bonchev–Trinajstić information content (AvgIpc) is 2.38. The minimum absolute atomic E-state index is 0.264. The topological polar surface area (TPSA) is 32.3 Å². The molecule has 3 nitrogen and oxygen atoms in total. The zero-order valence-electron chi connectivity index (χ0n) is 7.05. The van der Waals surface area contributed by atoms with Crippen LogP contribution in [0.4, 0.5) is 0 Å². The minimum atomic E-state index is 0.264. The molecule has 2 fully saturated rings. The van der Waals surface area contributed by atoms with E-state index in [4.69, 9.17) is 0 Å². The number of nitrogens with zero attached hydrogens (tertiary/aromatic N) is 1. The maximum absolute atomic E-state index is 11.2. The lowest BCUT2D eigenvalue weighted by Gasteiger charge is -2.16. The third kappa shape index (κ3) is 1.03. The molecule has 0 aromatic carbocycles. The summed E-state index contributed by atoms with van der Waals surface area (Å²) in [6.45, 7) is 5.71. The lowest BCUT2D eigenvalue weighted by molar-refractivity contribution is -0.127.